The highest BCUT2D eigenvalue weighted by Crippen LogP contribution is 2.07. The molecule has 13 heavy (non-hydrogen) atoms. The van der Waals surface area contributed by atoms with Crippen LogP contribution in [0.5, 0.6) is 0 Å². The Kier molecular flexibility index (Phi) is 5.66. The summed E-state index contributed by atoms with van der Waals surface area (Å²) in [5, 5.41) is 0. The Bertz CT molecular complexity index is 161. The molecule has 0 fully saturated rings. The molecule has 0 unspecified atom stereocenters. The number of nitrogens with zero attached hydrogens (tertiary/aromatic N) is 1. The van der Waals surface area contributed by atoms with E-state index in [2.05, 4.69) is 10.4 Å². The first-order valence-electron chi connectivity index (χ1n) is 4.54. The molecule has 0 spiro atoms. The molecule has 0 aliphatic rings. The second kappa shape index (κ2) is 5.94. The molecule has 0 atom stereocenters. The molecule has 0 aliphatic heterocycles. The van der Waals surface area contributed by atoms with E-state index in [-0.39, 0.29) is 5.54 Å². The summed E-state index contributed by atoms with van der Waals surface area (Å²) in [4.78, 5) is 4.42. The van der Waals surface area contributed by atoms with E-state index in [9.17, 15) is 0 Å². The van der Waals surface area contributed by atoms with Gasteiger partial charge in [-0.25, -0.2) is 5.84 Å². The minimum Gasteiger partial charge on any atom is -0.385 e. The van der Waals surface area contributed by atoms with Gasteiger partial charge in [0, 0.05) is 20.1 Å². The van der Waals surface area contributed by atoms with Crippen molar-refractivity contribution < 1.29 is 4.74 Å². The van der Waals surface area contributed by atoms with Crippen molar-refractivity contribution in [3.05, 3.63) is 0 Å². The average Bonchev–Trinajstić information content (AvgIpc) is 2.01. The number of hydrazine groups is 1. The van der Waals surface area contributed by atoms with Gasteiger partial charge in [0.25, 0.3) is 0 Å². The summed E-state index contributed by atoms with van der Waals surface area (Å²) >= 11 is 0. The number of methoxy groups -OCH3 is 1. The summed E-state index contributed by atoms with van der Waals surface area (Å²) in [6.45, 7) is 6.87. The third kappa shape index (κ3) is 7.74. The van der Waals surface area contributed by atoms with Crippen molar-refractivity contribution in [2.45, 2.75) is 39.2 Å². The highest BCUT2D eigenvalue weighted by Gasteiger charge is 2.08. The van der Waals surface area contributed by atoms with Crippen LogP contribution >= 0.6 is 0 Å². The number of aliphatic imine (C=N–C) groups is 1. The zero-order valence-corrected chi connectivity index (χ0v) is 9.05. The Morgan fingerprint density at radius 1 is 1.46 bits per heavy atom. The van der Waals surface area contributed by atoms with Crippen LogP contribution in [0.4, 0.5) is 0 Å². The topological polar surface area (TPSA) is 59.6 Å². The molecule has 0 aromatic rings. The molecule has 0 amide bonds. The van der Waals surface area contributed by atoms with E-state index in [0.29, 0.717) is 0 Å². The predicted molar refractivity (Wildman–Crippen MR) is 55.6 cm³/mol. The second-order valence-electron chi connectivity index (χ2n) is 3.97. The van der Waals surface area contributed by atoms with Crippen molar-refractivity contribution in [2.24, 2.45) is 10.8 Å². The van der Waals surface area contributed by atoms with Gasteiger partial charge in [-0.1, -0.05) is 0 Å². The van der Waals surface area contributed by atoms with Gasteiger partial charge in [0.05, 0.1) is 5.54 Å². The summed E-state index contributed by atoms with van der Waals surface area (Å²) < 4.78 is 4.94. The SMILES string of the molecule is COCCCC(=NC(C)(C)C)NN. The molecule has 4 nitrogen and oxygen atoms in total. The van der Waals surface area contributed by atoms with E-state index in [4.69, 9.17) is 10.6 Å². The molecule has 4 heteroatoms. The second-order valence-corrected chi connectivity index (χ2v) is 3.97. The maximum absolute atomic E-state index is 5.34. The first kappa shape index (κ1) is 12.4. The predicted octanol–water partition coefficient (Wildman–Crippen LogP) is 1.07. The van der Waals surface area contributed by atoms with Gasteiger partial charge >= 0.3 is 0 Å². The third-order valence-corrected chi connectivity index (χ3v) is 1.40. The minimum atomic E-state index is -0.0746. The van der Waals surface area contributed by atoms with Crippen molar-refractivity contribution in [1.29, 1.82) is 0 Å². The zero-order chi connectivity index (χ0) is 10.3. The third-order valence-electron chi connectivity index (χ3n) is 1.40. The van der Waals surface area contributed by atoms with Gasteiger partial charge in [-0.15, -0.1) is 0 Å². The van der Waals surface area contributed by atoms with E-state index < -0.39 is 0 Å². The van der Waals surface area contributed by atoms with Crippen LogP contribution in [0.3, 0.4) is 0 Å². The molecule has 0 aromatic carbocycles. The monoisotopic (exact) mass is 187 g/mol. The lowest BCUT2D eigenvalue weighted by Gasteiger charge is -2.15. The smallest absolute Gasteiger partial charge is 0.111 e. The average molecular weight is 187 g/mol. The Labute approximate surface area is 80.5 Å². The standard InChI is InChI=1S/C9H21N3O/c1-9(2,3)11-8(12-10)6-5-7-13-4/h5-7,10H2,1-4H3,(H,11,12). The maximum Gasteiger partial charge on any atom is 0.111 e. The first-order chi connectivity index (χ1) is 5.99. The maximum atomic E-state index is 5.34. The van der Waals surface area contributed by atoms with Gasteiger partial charge in [-0.05, 0) is 27.2 Å². The van der Waals surface area contributed by atoms with Gasteiger partial charge in [-0.2, -0.15) is 0 Å². The van der Waals surface area contributed by atoms with Crippen LogP contribution < -0.4 is 11.3 Å². The van der Waals surface area contributed by atoms with Crippen LogP contribution in [0.2, 0.25) is 0 Å². The van der Waals surface area contributed by atoms with E-state index in [0.717, 1.165) is 25.3 Å². The number of nitrogens with two attached hydrogens (primary N) is 1. The van der Waals surface area contributed by atoms with Gasteiger partial charge < -0.3 is 10.2 Å². The van der Waals surface area contributed by atoms with Gasteiger partial charge in [0.1, 0.15) is 5.84 Å². The fraction of sp³-hybridized carbons (Fsp3) is 0.889. The Morgan fingerprint density at radius 3 is 2.46 bits per heavy atom. The van der Waals surface area contributed by atoms with Crippen molar-refractivity contribution in [3.8, 4) is 0 Å². The lowest BCUT2D eigenvalue weighted by atomic mass is 10.1. The molecule has 0 aliphatic carbocycles. The molecule has 0 saturated heterocycles. The lowest BCUT2D eigenvalue weighted by Crippen LogP contribution is -2.33. The van der Waals surface area contributed by atoms with Gasteiger partial charge in [0.2, 0.25) is 0 Å². The van der Waals surface area contributed by atoms with Crippen LogP contribution in [0.1, 0.15) is 33.6 Å². The zero-order valence-electron chi connectivity index (χ0n) is 9.05. The Balaban J connectivity index is 3.95. The number of rotatable bonds is 4. The van der Waals surface area contributed by atoms with Crippen molar-refractivity contribution in [3.63, 3.8) is 0 Å². The number of nitrogens with one attached hydrogen (secondary N) is 1. The molecule has 0 rings (SSSR count). The van der Waals surface area contributed by atoms with Crippen LogP contribution in [-0.4, -0.2) is 25.1 Å². The summed E-state index contributed by atoms with van der Waals surface area (Å²) in [5.74, 6) is 6.18. The normalized spacial score (nSPS) is 13.2. The molecule has 0 bridgehead atoms. The van der Waals surface area contributed by atoms with Crippen molar-refractivity contribution >= 4 is 5.84 Å². The molecular weight excluding hydrogens is 166 g/mol. The lowest BCUT2D eigenvalue weighted by molar-refractivity contribution is 0.196. The number of hydrogen-bond acceptors (Lipinski definition) is 3. The quantitative estimate of drug-likeness (QED) is 0.227. The van der Waals surface area contributed by atoms with Crippen molar-refractivity contribution in [1.82, 2.24) is 5.43 Å². The number of amidine groups is 1. The molecular formula is C9H21N3O. The molecule has 0 radical (unpaired) electrons. The van der Waals surface area contributed by atoms with E-state index >= 15 is 0 Å². The largest absolute Gasteiger partial charge is 0.385 e. The summed E-state index contributed by atoms with van der Waals surface area (Å²) in [5.41, 5.74) is 2.54. The van der Waals surface area contributed by atoms with Crippen LogP contribution in [0.25, 0.3) is 0 Å². The van der Waals surface area contributed by atoms with Crippen molar-refractivity contribution in [2.75, 3.05) is 13.7 Å². The molecule has 78 valence electrons. The van der Waals surface area contributed by atoms with E-state index in [1.807, 2.05) is 20.8 Å². The molecule has 0 saturated carbocycles. The molecule has 3 N–H and O–H groups in total. The Hall–Kier alpha value is -0.610. The molecule has 0 aromatic heterocycles. The van der Waals surface area contributed by atoms with Gasteiger partial charge in [-0.3, -0.25) is 4.99 Å². The molecule has 0 heterocycles. The fourth-order valence-electron chi connectivity index (χ4n) is 0.949. The summed E-state index contributed by atoms with van der Waals surface area (Å²) in [6.07, 6.45) is 1.78. The number of ether oxygens (including phenoxy) is 1. The van der Waals surface area contributed by atoms with E-state index in [1.165, 1.54) is 0 Å². The van der Waals surface area contributed by atoms with E-state index in [1.54, 1.807) is 7.11 Å². The fourth-order valence-corrected chi connectivity index (χ4v) is 0.949. The first-order valence-corrected chi connectivity index (χ1v) is 4.54. The number of hydrogen-bond donors (Lipinski definition) is 2. The Morgan fingerprint density at radius 2 is 2.08 bits per heavy atom. The van der Waals surface area contributed by atoms with Crippen LogP contribution in [0.15, 0.2) is 4.99 Å². The summed E-state index contributed by atoms with van der Waals surface area (Å²) in [6, 6.07) is 0. The summed E-state index contributed by atoms with van der Waals surface area (Å²) in [7, 11) is 1.69. The van der Waals surface area contributed by atoms with Gasteiger partial charge in [0.15, 0.2) is 0 Å². The highest BCUT2D eigenvalue weighted by atomic mass is 16.5. The highest BCUT2D eigenvalue weighted by molar-refractivity contribution is 5.81. The minimum absolute atomic E-state index is 0.0746. The van der Waals surface area contributed by atoms with Crippen LogP contribution in [-0.2, 0) is 4.74 Å². The van der Waals surface area contributed by atoms with Crippen LogP contribution in [0, 0.1) is 0 Å².